The fourth-order valence-corrected chi connectivity index (χ4v) is 4.65. The lowest BCUT2D eigenvalue weighted by Gasteiger charge is -2.58. The number of hydrogen-bond acceptors (Lipinski definition) is 3. The number of pyridine rings is 1. The van der Waals surface area contributed by atoms with E-state index in [1.807, 2.05) is 6.20 Å². The van der Waals surface area contributed by atoms with Gasteiger partial charge in [0.15, 0.2) is 0 Å². The van der Waals surface area contributed by atoms with Gasteiger partial charge in [0.05, 0.1) is 6.61 Å². The molecule has 2 saturated carbocycles. The Balaban J connectivity index is 1.68. The van der Waals surface area contributed by atoms with Gasteiger partial charge in [0, 0.05) is 38.0 Å². The van der Waals surface area contributed by atoms with Crippen molar-refractivity contribution in [3.63, 3.8) is 0 Å². The highest BCUT2D eigenvalue weighted by molar-refractivity contribution is 5.29. The molecular weight excluding hydrogens is 260 g/mol. The first kappa shape index (κ1) is 15.0. The zero-order valence-corrected chi connectivity index (χ0v) is 13.2. The van der Waals surface area contributed by atoms with E-state index in [0.29, 0.717) is 10.8 Å². The molecule has 0 radical (unpaired) electrons. The SMILES string of the molecule is COCCNCC1(c2cccnc2)CC2(CCCCC2)C1. The van der Waals surface area contributed by atoms with Gasteiger partial charge < -0.3 is 10.1 Å². The van der Waals surface area contributed by atoms with E-state index in [-0.39, 0.29) is 0 Å². The summed E-state index contributed by atoms with van der Waals surface area (Å²) in [6, 6.07) is 4.35. The van der Waals surface area contributed by atoms with Crippen LogP contribution in [0.15, 0.2) is 24.5 Å². The topological polar surface area (TPSA) is 34.1 Å². The van der Waals surface area contributed by atoms with E-state index in [9.17, 15) is 0 Å². The van der Waals surface area contributed by atoms with Crippen LogP contribution in [-0.4, -0.2) is 31.8 Å². The fourth-order valence-electron chi connectivity index (χ4n) is 4.65. The quantitative estimate of drug-likeness (QED) is 0.816. The number of nitrogens with zero attached hydrogens (tertiary/aromatic N) is 1. The number of nitrogens with one attached hydrogen (secondary N) is 1. The van der Waals surface area contributed by atoms with Crippen molar-refractivity contribution in [3.8, 4) is 0 Å². The smallest absolute Gasteiger partial charge is 0.0587 e. The molecule has 3 heteroatoms. The number of methoxy groups -OCH3 is 1. The average molecular weight is 288 g/mol. The first-order valence-electron chi connectivity index (χ1n) is 8.39. The maximum Gasteiger partial charge on any atom is 0.0587 e. The molecule has 0 amide bonds. The third kappa shape index (κ3) is 3.14. The predicted molar refractivity (Wildman–Crippen MR) is 85.4 cm³/mol. The summed E-state index contributed by atoms with van der Waals surface area (Å²) in [5.41, 5.74) is 2.36. The lowest BCUT2D eigenvalue weighted by atomic mass is 9.47. The lowest BCUT2D eigenvalue weighted by molar-refractivity contribution is -0.0134. The number of hydrogen-bond donors (Lipinski definition) is 1. The van der Waals surface area contributed by atoms with Crippen molar-refractivity contribution in [2.75, 3.05) is 26.8 Å². The third-order valence-electron chi connectivity index (χ3n) is 5.56. The van der Waals surface area contributed by atoms with Crippen LogP contribution in [0.2, 0.25) is 0 Å². The standard InChI is InChI=1S/C18H28N2O/c1-21-11-10-20-15-18(16-6-5-9-19-12-16)13-17(14-18)7-3-2-4-8-17/h5-6,9,12,20H,2-4,7-8,10-11,13-15H2,1H3. The first-order valence-corrected chi connectivity index (χ1v) is 8.39. The molecule has 0 atom stereocenters. The molecule has 1 N–H and O–H groups in total. The van der Waals surface area contributed by atoms with Gasteiger partial charge in [0.1, 0.15) is 0 Å². The van der Waals surface area contributed by atoms with Gasteiger partial charge in [-0.1, -0.05) is 25.3 Å². The van der Waals surface area contributed by atoms with Crippen molar-refractivity contribution in [2.45, 2.75) is 50.4 Å². The Labute approximate surface area is 128 Å². The van der Waals surface area contributed by atoms with Crippen LogP contribution < -0.4 is 5.32 Å². The van der Waals surface area contributed by atoms with Crippen LogP contribution in [0.3, 0.4) is 0 Å². The van der Waals surface area contributed by atoms with Crippen LogP contribution in [0.25, 0.3) is 0 Å². The van der Waals surface area contributed by atoms with E-state index in [4.69, 9.17) is 4.74 Å². The maximum atomic E-state index is 5.15. The van der Waals surface area contributed by atoms with Gasteiger partial charge in [0.25, 0.3) is 0 Å². The highest BCUT2D eigenvalue weighted by atomic mass is 16.5. The summed E-state index contributed by atoms with van der Waals surface area (Å²) in [5.74, 6) is 0. The van der Waals surface area contributed by atoms with Crippen molar-refractivity contribution in [1.29, 1.82) is 0 Å². The molecule has 1 spiro atoms. The van der Waals surface area contributed by atoms with Gasteiger partial charge in [-0.25, -0.2) is 0 Å². The summed E-state index contributed by atoms with van der Waals surface area (Å²) in [6.07, 6.45) is 13.8. The molecule has 1 aromatic heterocycles. The second kappa shape index (κ2) is 6.45. The van der Waals surface area contributed by atoms with Crippen molar-refractivity contribution in [1.82, 2.24) is 10.3 Å². The molecule has 0 bridgehead atoms. The maximum absolute atomic E-state index is 5.15. The lowest BCUT2D eigenvalue weighted by Crippen LogP contribution is -2.55. The molecular formula is C18H28N2O. The Bertz CT molecular complexity index is 432. The van der Waals surface area contributed by atoms with Gasteiger partial charge >= 0.3 is 0 Å². The molecule has 21 heavy (non-hydrogen) atoms. The van der Waals surface area contributed by atoms with Crippen LogP contribution in [0, 0.1) is 5.41 Å². The Morgan fingerprint density at radius 3 is 2.71 bits per heavy atom. The van der Waals surface area contributed by atoms with Crippen molar-refractivity contribution >= 4 is 0 Å². The first-order chi connectivity index (χ1) is 10.3. The van der Waals surface area contributed by atoms with Crippen LogP contribution in [0.4, 0.5) is 0 Å². The summed E-state index contributed by atoms with van der Waals surface area (Å²) >= 11 is 0. The van der Waals surface area contributed by atoms with Crippen LogP contribution in [0.5, 0.6) is 0 Å². The van der Waals surface area contributed by atoms with Crippen LogP contribution >= 0.6 is 0 Å². The largest absolute Gasteiger partial charge is 0.383 e. The molecule has 2 fully saturated rings. The monoisotopic (exact) mass is 288 g/mol. The minimum Gasteiger partial charge on any atom is -0.383 e. The Hall–Kier alpha value is -0.930. The van der Waals surface area contributed by atoms with E-state index < -0.39 is 0 Å². The van der Waals surface area contributed by atoms with Gasteiger partial charge in [-0.2, -0.15) is 0 Å². The molecule has 3 nitrogen and oxygen atoms in total. The van der Waals surface area contributed by atoms with Crippen molar-refractivity contribution < 1.29 is 4.74 Å². The summed E-state index contributed by atoms with van der Waals surface area (Å²) < 4.78 is 5.15. The summed E-state index contributed by atoms with van der Waals surface area (Å²) in [6.45, 7) is 2.78. The highest BCUT2D eigenvalue weighted by Crippen LogP contribution is 2.61. The molecule has 1 aromatic rings. The van der Waals surface area contributed by atoms with E-state index in [1.54, 1.807) is 7.11 Å². The van der Waals surface area contributed by atoms with Crippen molar-refractivity contribution in [2.24, 2.45) is 5.41 Å². The van der Waals surface area contributed by atoms with E-state index >= 15 is 0 Å². The Morgan fingerprint density at radius 1 is 1.24 bits per heavy atom. The zero-order chi connectivity index (χ0) is 14.6. The molecule has 2 aliphatic carbocycles. The van der Waals surface area contributed by atoms with Gasteiger partial charge in [-0.3, -0.25) is 4.98 Å². The number of ether oxygens (including phenoxy) is 1. The van der Waals surface area contributed by atoms with Gasteiger partial charge in [-0.05, 0) is 42.7 Å². The van der Waals surface area contributed by atoms with Crippen molar-refractivity contribution in [3.05, 3.63) is 30.1 Å². The molecule has 0 unspecified atom stereocenters. The highest BCUT2D eigenvalue weighted by Gasteiger charge is 2.54. The average Bonchev–Trinajstić information content (AvgIpc) is 2.51. The fraction of sp³-hybridized carbons (Fsp3) is 0.722. The van der Waals surface area contributed by atoms with Crippen LogP contribution in [-0.2, 0) is 10.2 Å². The Morgan fingerprint density at radius 2 is 2.05 bits per heavy atom. The summed E-state index contributed by atoms with van der Waals surface area (Å²) in [5, 5.41) is 3.60. The summed E-state index contributed by atoms with van der Waals surface area (Å²) in [7, 11) is 1.76. The summed E-state index contributed by atoms with van der Waals surface area (Å²) in [4.78, 5) is 4.36. The minimum absolute atomic E-state index is 0.305. The third-order valence-corrected chi connectivity index (χ3v) is 5.56. The van der Waals surface area contributed by atoms with E-state index in [0.717, 1.165) is 19.7 Å². The zero-order valence-electron chi connectivity index (χ0n) is 13.2. The predicted octanol–water partition coefficient (Wildman–Crippen LogP) is 3.30. The second-order valence-electron chi connectivity index (χ2n) is 7.11. The molecule has 0 saturated heterocycles. The van der Waals surface area contributed by atoms with E-state index in [2.05, 4.69) is 28.6 Å². The van der Waals surface area contributed by atoms with Crippen LogP contribution in [0.1, 0.15) is 50.5 Å². The van der Waals surface area contributed by atoms with E-state index in [1.165, 1.54) is 50.5 Å². The minimum atomic E-state index is 0.305. The molecule has 3 rings (SSSR count). The molecule has 0 aromatic carbocycles. The van der Waals surface area contributed by atoms with Gasteiger partial charge in [0.2, 0.25) is 0 Å². The number of rotatable bonds is 6. The number of aromatic nitrogens is 1. The molecule has 0 aliphatic heterocycles. The molecule has 1 heterocycles. The van der Waals surface area contributed by atoms with Gasteiger partial charge in [-0.15, -0.1) is 0 Å². The Kier molecular flexibility index (Phi) is 4.60. The normalized spacial score (nSPS) is 22.9. The second-order valence-corrected chi connectivity index (χ2v) is 7.11. The molecule has 116 valence electrons. The molecule has 2 aliphatic rings.